The molecule has 0 spiro atoms. The van der Waals surface area contributed by atoms with Crippen LogP contribution < -0.4 is 4.90 Å². The zero-order valence-electron chi connectivity index (χ0n) is 10.4. The molecule has 98 valence electrons. The fourth-order valence-electron chi connectivity index (χ4n) is 2.51. The first-order chi connectivity index (χ1) is 9.33. The highest BCUT2D eigenvalue weighted by Gasteiger charge is 2.28. The first kappa shape index (κ1) is 12.5. The second kappa shape index (κ2) is 5.19. The third kappa shape index (κ3) is 2.09. The first-order valence-corrected chi connectivity index (χ1v) is 6.83. The molecular formula is C15H14ClNO2. The average Bonchev–Trinajstić information content (AvgIpc) is 2.71. The van der Waals surface area contributed by atoms with Crippen molar-refractivity contribution in [2.24, 2.45) is 0 Å². The monoisotopic (exact) mass is 275 g/mol. The number of alkyl halides is 1. The number of nitrogens with zero attached hydrogens (tertiary/aromatic N) is 1. The highest BCUT2D eigenvalue weighted by molar-refractivity contribution is 6.25. The molecule has 0 unspecified atom stereocenters. The third-order valence-corrected chi connectivity index (χ3v) is 3.48. The van der Waals surface area contributed by atoms with Gasteiger partial charge in [-0.1, -0.05) is 24.3 Å². The van der Waals surface area contributed by atoms with Crippen molar-refractivity contribution in [3.05, 3.63) is 42.0 Å². The van der Waals surface area contributed by atoms with Crippen molar-refractivity contribution in [3.63, 3.8) is 0 Å². The van der Waals surface area contributed by atoms with Gasteiger partial charge >= 0.3 is 0 Å². The number of ether oxygens (including phenoxy) is 1. The third-order valence-electron chi connectivity index (χ3n) is 3.33. The molecule has 3 rings (SSSR count). The van der Waals surface area contributed by atoms with Crippen LogP contribution in [0.5, 0.6) is 0 Å². The molecule has 2 aromatic carbocycles. The van der Waals surface area contributed by atoms with E-state index in [0.717, 1.165) is 22.0 Å². The van der Waals surface area contributed by atoms with Crippen LogP contribution in [0.25, 0.3) is 10.8 Å². The first-order valence-electron chi connectivity index (χ1n) is 6.30. The Morgan fingerprint density at radius 1 is 1.11 bits per heavy atom. The Morgan fingerprint density at radius 2 is 1.89 bits per heavy atom. The molecule has 1 amide bonds. The van der Waals surface area contributed by atoms with Gasteiger partial charge in [-0.05, 0) is 17.5 Å². The SMILES string of the molecule is O=C1c2cccc3cccc(c23)N1CCOCCCl. The lowest BCUT2D eigenvalue weighted by atomic mass is 10.1. The summed E-state index contributed by atoms with van der Waals surface area (Å²) in [6.45, 7) is 1.58. The number of hydrogen-bond donors (Lipinski definition) is 0. The van der Waals surface area contributed by atoms with Gasteiger partial charge in [0.25, 0.3) is 5.91 Å². The molecule has 0 radical (unpaired) electrons. The maximum Gasteiger partial charge on any atom is 0.259 e. The minimum atomic E-state index is 0.0567. The van der Waals surface area contributed by atoms with E-state index >= 15 is 0 Å². The van der Waals surface area contributed by atoms with Gasteiger partial charge in [-0.2, -0.15) is 0 Å². The molecular weight excluding hydrogens is 262 g/mol. The molecule has 0 atom stereocenters. The van der Waals surface area contributed by atoms with Crippen LogP contribution in [-0.2, 0) is 4.74 Å². The zero-order valence-corrected chi connectivity index (χ0v) is 11.2. The summed E-state index contributed by atoms with van der Waals surface area (Å²) in [6, 6.07) is 11.8. The van der Waals surface area contributed by atoms with E-state index in [2.05, 4.69) is 0 Å². The van der Waals surface area contributed by atoms with Crippen LogP contribution in [0.15, 0.2) is 36.4 Å². The average molecular weight is 276 g/mol. The summed E-state index contributed by atoms with van der Waals surface area (Å²) in [5, 5.41) is 2.15. The Morgan fingerprint density at radius 3 is 2.68 bits per heavy atom. The van der Waals surface area contributed by atoms with Crippen LogP contribution in [-0.4, -0.2) is 31.5 Å². The molecule has 4 heteroatoms. The summed E-state index contributed by atoms with van der Waals surface area (Å²) in [4.78, 5) is 14.2. The van der Waals surface area contributed by atoms with E-state index in [-0.39, 0.29) is 5.91 Å². The fourth-order valence-corrected chi connectivity index (χ4v) is 2.62. The Hall–Kier alpha value is -1.58. The van der Waals surface area contributed by atoms with Gasteiger partial charge in [0.15, 0.2) is 0 Å². The predicted molar refractivity (Wildman–Crippen MR) is 77.2 cm³/mol. The maximum atomic E-state index is 12.4. The second-order valence-corrected chi connectivity index (χ2v) is 4.82. The minimum Gasteiger partial charge on any atom is -0.378 e. The number of benzene rings is 2. The van der Waals surface area contributed by atoms with Crippen molar-refractivity contribution < 1.29 is 9.53 Å². The Kier molecular flexibility index (Phi) is 3.40. The van der Waals surface area contributed by atoms with Crippen molar-refractivity contribution in [1.29, 1.82) is 0 Å². The van der Waals surface area contributed by atoms with Gasteiger partial charge in [0.2, 0.25) is 0 Å². The smallest absolute Gasteiger partial charge is 0.259 e. The van der Waals surface area contributed by atoms with Crippen LogP contribution in [0.1, 0.15) is 10.4 Å². The molecule has 0 fully saturated rings. The fraction of sp³-hybridized carbons (Fsp3) is 0.267. The van der Waals surface area contributed by atoms with Crippen LogP contribution in [0, 0.1) is 0 Å². The Bertz CT molecular complexity index is 621. The molecule has 0 aromatic heterocycles. The number of halogens is 1. The van der Waals surface area contributed by atoms with E-state index in [0.29, 0.717) is 25.6 Å². The van der Waals surface area contributed by atoms with Gasteiger partial charge in [0, 0.05) is 23.4 Å². The number of carbonyl (C=O) groups is 1. The molecule has 0 saturated carbocycles. The molecule has 1 aliphatic rings. The predicted octanol–water partition coefficient (Wildman–Crippen LogP) is 3.06. The van der Waals surface area contributed by atoms with Gasteiger partial charge in [-0.3, -0.25) is 4.79 Å². The maximum absolute atomic E-state index is 12.4. The summed E-state index contributed by atoms with van der Waals surface area (Å²) in [5.74, 6) is 0.533. The van der Waals surface area contributed by atoms with E-state index in [1.54, 1.807) is 4.90 Å². The van der Waals surface area contributed by atoms with Gasteiger partial charge in [0.1, 0.15) is 0 Å². The highest BCUT2D eigenvalue weighted by atomic mass is 35.5. The zero-order chi connectivity index (χ0) is 13.2. The van der Waals surface area contributed by atoms with Crippen molar-refractivity contribution in [2.45, 2.75) is 0 Å². The lowest BCUT2D eigenvalue weighted by Crippen LogP contribution is -2.30. The number of anilines is 1. The summed E-state index contributed by atoms with van der Waals surface area (Å²) in [6.07, 6.45) is 0. The van der Waals surface area contributed by atoms with Gasteiger partial charge in [-0.25, -0.2) is 0 Å². The van der Waals surface area contributed by atoms with E-state index in [1.807, 2.05) is 36.4 Å². The van der Waals surface area contributed by atoms with Crippen LogP contribution in [0.2, 0.25) is 0 Å². The van der Waals surface area contributed by atoms with Crippen LogP contribution >= 0.6 is 11.6 Å². The molecule has 0 saturated heterocycles. The van der Waals surface area contributed by atoms with E-state index < -0.39 is 0 Å². The van der Waals surface area contributed by atoms with E-state index in [9.17, 15) is 4.79 Å². The van der Waals surface area contributed by atoms with Gasteiger partial charge in [0.05, 0.1) is 18.9 Å². The largest absolute Gasteiger partial charge is 0.378 e. The van der Waals surface area contributed by atoms with Gasteiger partial charge < -0.3 is 9.64 Å². The topological polar surface area (TPSA) is 29.5 Å². The lowest BCUT2D eigenvalue weighted by molar-refractivity contribution is 0.0973. The van der Waals surface area contributed by atoms with Crippen molar-refractivity contribution >= 4 is 34.0 Å². The summed E-state index contributed by atoms with van der Waals surface area (Å²) in [5.41, 5.74) is 1.76. The molecule has 2 aromatic rings. The Labute approximate surface area is 116 Å². The van der Waals surface area contributed by atoms with E-state index in [4.69, 9.17) is 16.3 Å². The molecule has 0 bridgehead atoms. The number of hydrogen-bond acceptors (Lipinski definition) is 2. The highest BCUT2D eigenvalue weighted by Crippen LogP contribution is 2.36. The Balaban J connectivity index is 1.90. The van der Waals surface area contributed by atoms with Crippen molar-refractivity contribution in [1.82, 2.24) is 0 Å². The quantitative estimate of drug-likeness (QED) is 0.620. The van der Waals surface area contributed by atoms with Crippen molar-refractivity contribution in [2.75, 3.05) is 30.5 Å². The lowest BCUT2D eigenvalue weighted by Gasteiger charge is -2.17. The second-order valence-electron chi connectivity index (χ2n) is 4.44. The van der Waals surface area contributed by atoms with Crippen molar-refractivity contribution in [3.8, 4) is 0 Å². The summed E-state index contributed by atoms with van der Waals surface area (Å²) >= 11 is 5.56. The summed E-state index contributed by atoms with van der Waals surface area (Å²) < 4.78 is 5.36. The number of amides is 1. The standard InChI is InChI=1S/C15H14ClNO2/c16-7-9-19-10-8-17-13-6-2-4-11-3-1-5-12(14(11)13)15(17)18/h1-6H,7-10H2. The molecule has 0 aliphatic carbocycles. The van der Waals surface area contributed by atoms with E-state index in [1.165, 1.54) is 0 Å². The summed E-state index contributed by atoms with van der Waals surface area (Å²) in [7, 11) is 0. The molecule has 1 heterocycles. The number of carbonyl (C=O) groups excluding carboxylic acids is 1. The molecule has 1 aliphatic heterocycles. The van der Waals surface area contributed by atoms with Crippen LogP contribution in [0.3, 0.4) is 0 Å². The molecule has 0 N–H and O–H groups in total. The minimum absolute atomic E-state index is 0.0567. The normalized spacial score (nSPS) is 13.5. The number of rotatable bonds is 5. The van der Waals surface area contributed by atoms with Crippen LogP contribution in [0.4, 0.5) is 5.69 Å². The van der Waals surface area contributed by atoms with Gasteiger partial charge in [-0.15, -0.1) is 11.6 Å². The molecule has 19 heavy (non-hydrogen) atoms. The molecule has 3 nitrogen and oxygen atoms in total.